The average molecular weight is 387 g/mol. The Bertz CT molecular complexity index is 983. The van der Waals surface area contributed by atoms with Gasteiger partial charge in [0.2, 0.25) is 0 Å². The summed E-state index contributed by atoms with van der Waals surface area (Å²) in [6, 6.07) is 17.1. The molecule has 29 heavy (non-hydrogen) atoms. The predicted molar refractivity (Wildman–Crippen MR) is 116 cm³/mol. The number of benzene rings is 2. The molecule has 0 amide bonds. The van der Waals surface area contributed by atoms with Crippen LogP contribution in [0.1, 0.15) is 35.0 Å². The quantitative estimate of drug-likeness (QED) is 0.409. The van der Waals surface area contributed by atoms with E-state index < -0.39 is 0 Å². The van der Waals surface area contributed by atoms with Crippen LogP contribution in [0, 0.1) is 6.92 Å². The first-order chi connectivity index (χ1) is 14.1. The van der Waals surface area contributed by atoms with E-state index in [1.54, 1.807) is 12.1 Å². The van der Waals surface area contributed by atoms with E-state index in [4.69, 9.17) is 9.72 Å². The zero-order valence-electron chi connectivity index (χ0n) is 16.8. The van der Waals surface area contributed by atoms with Crippen molar-refractivity contribution in [1.29, 1.82) is 0 Å². The number of hydrogen-bond acceptors (Lipinski definition) is 5. The van der Waals surface area contributed by atoms with Crippen LogP contribution in [-0.2, 0) is 11.2 Å². The van der Waals surface area contributed by atoms with E-state index in [9.17, 15) is 4.79 Å². The van der Waals surface area contributed by atoms with Gasteiger partial charge in [-0.3, -0.25) is 0 Å². The summed E-state index contributed by atoms with van der Waals surface area (Å²) >= 11 is 0. The molecule has 0 bridgehead atoms. The highest BCUT2D eigenvalue weighted by atomic mass is 16.5. The van der Waals surface area contributed by atoms with Crippen molar-refractivity contribution in [3.8, 4) is 11.4 Å². The lowest BCUT2D eigenvalue weighted by Gasteiger charge is -2.14. The van der Waals surface area contributed by atoms with Crippen LogP contribution < -0.4 is 5.32 Å². The van der Waals surface area contributed by atoms with E-state index in [0.717, 1.165) is 34.7 Å². The minimum Gasteiger partial charge on any atom is -0.462 e. The number of hydrogen-bond donors (Lipinski definition) is 1. The van der Waals surface area contributed by atoms with E-state index in [2.05, 4.69) is 16.9 Å². The van der Waals surface area contributed by atoms with Crippen molar-refractivity contribution in [1.82, 2.24) is 9.97 Å². The van der Waals surface area contributed by atoms with Gasteiger partial charge < -0.3 is 10.1 Å². The summed E-state index contributed by atoms with van der Waals surface area (Å²) in [7, 11) is 0. The van der Waals surface area contributed by atoms with Gasteiger partial charge in [0, 0.05) is 22.5 Å². The maximum atomic E-state index is 12.0. The Morgan fingerprint density at radius 3 is 2.48 bits per heavy atom. The molecule has 2 aromatic carbocycles. The number of nitrogens with zero attached hydrogens (tertiary/aromatic N) is 2. The molecule has 0 saturated carbocycles. The van der Waals surface area contributed by atoms with Gasteiger partial charge in [0.25, 0.3) is 0 Å². The molecule has 1 heterocycles. The van der Waals surface area contributed by atoms with Crippen molar-refractivity contribution in [3.05, 3.63) is 84.1 Å². The second-order valence-electron chi connectivity index (χ2n) is 6.66. The minimum absolute atomic E-state index is 0.310. The standard InChI is InChI=1S/C24H25N3O2/c1-4-9-21-17(3)25-22(18-10-7-6-8-11-18)27-23(21)26-20-14-12-19(13-15-20)24(28)29-16-5-2/h4,6-8,10-15H,1,5,9,16H2,2-3H3,(H,25,26,27). The fraction of sp³-hybridized carbons (Fsp3) is 0.208. The fourth-order valence-electron chi connectivity index (χ4n) is 2.91. The molecule has 0 spiro atoms. The average Bonchev–Trinajstić information content (AvgIpc) is 2.75. The van der Waals surface area contributed by atoms with Crippen LogP contribution in [0.2, 0.25) is 0 Å². The molecule has 0 aliphatic rings. The molecular formula is C24H25N3O2. The van der Waals surface area contributed by atoms with E-state index in [1.807, 2.05) is 62.4 Å². The van der Waals surface area contributed by atoms with E-state index in [1.165, 1.54) is 0 Å². The smallest absolute Gasteiger partial charge is 0.338 e. The molecule has 1 aromatic heterocycles. The van der Waals surface area contributed by atoms with Crippen LogP contribution in [0.5, 0.6) is 0 Å². The number of aromatic nitrogens is 2. The number of aryl methyl sites for hydroxylation is 1. The van der Waals surface area contributed by atoms with Gasteiger partial charge >= 0.3 is 5.97 Å². The van der Waals surface area contributed by atoms with Crippen molar-refractivity contribution in [2.45, 2.75) is 26.7 Å². The van der Waals surface area contributed by atoms with Gasteiger partial charge in [0.1, 0.15) is 5.82 Å². The summed E-state index contributed by atoms with van der Waals surface area (Å²) in [6.45, 7) is 8.21. The van der Waals surface area contributed by atoms with Crippen LogP contribution >= 0.6 is 0 Å². The van der Waals surface area contributed by atoms with Crippen LogP contribution in [0.15, 0.2) is 67.3 Å². The Kier molecular flexibility index (Phi) is 6.74. The number of esters is 1. The third-order valence-corrected chi connectivity index (χ3v) is 4.41. The summed E-state index contributed by atoms with van der Waals surface area (Å²) in [6.07, 6.45) is 3.30. The highest BCUT2D eigenvalue weighted by molar-refractivity contribution is 5.90. The monoisotopic (exact) mass is 387 g/mol. The number of carbonyl (C=O) groups excluding carboxylic acids is 1. The van der Waals surface area contributed by atoms with Gasteiger partial charge in [-0.25, -0.2) is 14.8 Å². The Labute approximate surface area is 171 Å². The molecule has 0 aliphatic heterocycles. The van der Waals surface area contributed by atoms with Crippen molar-refractivity contribution < 1.29 is 9.53 Å². The van der Waals surface area contributed by atoms with Gasteiger partial charge in [-0.2, -0.15) is 0 Å². The van der Waals surface area contributed by atoms with Crippen LogP contribution in [0.3, 0.4) is 0 Å². The van der Waals surface area contributed by atoms with Crippen molar-refractivity contribution in [2.75, 3.05) is 11.9 Å². The lowest BCUT2D eigenvalue weighted by Crippen LogP contribution is -2.07. The summed E-state index contributed by atoms with van der Waals surface area (Å²) in [5.74, 6) is 1.09. The molecule has 3 rings (SSSR count). The Balaban J connectivity index is 1.89. The number of ether oxygens (including phenoxy) is 1. The topological polar surface area (TPSA) is 64.1 Å². The first-order valence-corrected chi connectivity index (χ1v) is 9.70. The Morgan fingerprint density at radius 1 is 1.10 bits per heavy atom. The predicted octanol–water partition coefficient (Wildman–Crippen LogP) is 5.49. The Hall–Kier alpha value is -3.47. The molecule has 5 heteroatoms. The van der Waals surface area contributed by atoms with E-state index >= 15 is 0 Å². The van der Waals surface area contributed by atoms with Gasteiger partial charge in [-0.05, 0) is 44.0 Å². The molecule has 3 aromatic rings. The molecule has 1 N–H and O–H groups in total. The number of rotatable bonds is 8. The first-order valence-electron chi connectivity index (χ1n) is 9.70. The first kappa shape index (κ1) is 20.3. The fourth-order valence-corrected chi connectivity index (χ4v) is 2.91. The molecule has 0 atom stereocenters. The molecule has 0 aliphatic carbocycles. The molecule has 0 radical (unpaired) electrons. The van der Waals surface area contributed by atoms with Crippen LogP contribution in [0.25, 0.3) is 11.4 Å². The third kappa shape index (κ3) is 5.08. The Morgan fingerprint density at radius 2 is 1.83 bits per heavy atom. The maximum Gasteiger partial charge on any atom is 0.338 e. The molecule has 0 fully saturated rings. The molecular weight excluding hydrogens is 362 g/mol. The molecule has 0 saturated heterocycles. The van der Waals surface area contributed by atoms with Crippen LogP contribution in [0.4, 0.5) is 11.5 Å². The second-order valence-corrected chi connectivity index (χ2v) is 6.66. The molecule has 0 unspecified atom stereocenters. The van der Waals surface area contributed by atoms with Gasteiger partial charge in [0.15, 0.2) is 5.82 Å². The molecule has 5 nitrogen and oxygen atoms in total. The van der Waals surface area contributed by atoms with Crippen LogP contribution in [-0.4, -0.2) is 22.5 Å². The third-order valence-electron chi connectivity index (χ3n) is 4.41. The van der Waals surface area contributed by atoms with Gasteiger partial charge in [-0.1, -0.05) is 43.3 Å². The number of allylic oxidation sites excluding steroid dienone is 1. The zero-order chi connectivity index (χ0) is 20.6. The number of anilines is 2. The van der Waals surface area contributed by atoms with E-state index in [0.29, 0.717) is 24.4 Å². The number of carbonyl (C=O) groups is 1. The second kappa shape index (κ2) is 9.64. The van der Waals surface area contributed by atoms with Crippen molar-refractivity contribution in [2.24, 2.45) is 0 Å². The van der Waals surface area contributed by atoms with Crippen molar-refractivity contribution in [3.63, 3.8) is 0 Å². The molecule has 148 valence electrons. The van der Waals surface area contributed by atoms with Gasteiger partial charge in [-0.15, -0.1) is 6.58 Å². The normalized spacial score (nSPS) is 10.4. The van der Waals surface area contributed by atoms with Crippen molar-refractivity contribution >= 4 is 17.5 Å². The highest BCUT2D eigenvalue weighted by Crippen LogP contribution is 2.26. The lowest BCUT2D eigenvalue weighted by atomic mass is 10.1. The minimum atomic E-state index is -0.310. The maximum absolute atomic E-state index is 12.0. The summed E-state index contributed by atoms with van der Waals surface area (Å²) < 4.78 is 5.18. The van der Waals surface area contributed by atoms with Gasteiger partial charge in [0.05, 0.1) is 12.2 Å². The lowest BCUT2D eigenvalue weighted by molar-refractivity contribution is 0.0505. The summed E-state index contributed by atoms with van der Waals surface area (Å²) in [5, 5.41) is 3.37. The summed E-state index contributed by atoms with van der Waals surface area (Å²) in [4.78, 5) is 21.4. The summed E-state index contributed by atoms with van der Waals surface area (Å²) in [5.41, 5.74) is 4.21. The number of nitrogens with one attached hydrogen (secondary N) is 1. The highest BCUT2D eigenvalue weighted by Gasteiger charge is 2.13. The van der Waals surface area contributed by atoms with E-state index in [-0.39, 0.29) is 5.97 Å². The SMILES string of the molecule is C=CCc1c(C)nc(-c2ccccc2)nc1Nc1ccc(C(=O)OCCC)cc1. The largest absolute Gasteiger partial charge is 0.462 e. The zero-order valence-corrected chi connectivity index (χ0v) is 16.8.